The Kier molecular flexibility index (Phi) is 10.3. The summed E-state index contributed by atoms with van der Waals surface area (Å²) in [5.74, 6) is -4.02. The van der Waals surface area contributed by atoms with Gasteiger partial charge in [0.2, 0.25) is 0 Å². The van der Waals surface area contributed by atoms with E-state index in [1.54, 1.807) is 12.1 Å². The number of hydrogen-bond donors (Lipinski definition) is 4. The van der Waals surface area contributed by atoms with Gasteiger partial charge in [-0.05, 0) is 60.3 Å². The highest BCUT2D eigenvalue weighted by Crippen LogP contribution is 2.35. The van der Waals surface area contributed by atoms with E-state index < -0.39 is 50.3 Å². The third kappa shape index (κ3) is 11.0. The Labute approximate surface area is 258 Å². The maximum Gasteiger partial charge on any atom is 0.336 e. The maximum absolute atomic E-state index is 10.3. The molecule has 0 radical (unpaired) electrons. The zero-order valence-electron chi connectivity index (χ0n) is 28.6. The number of aliphatic carboxylic acids is 3. The van der Waals surface area contributed by atoms with Crippen LogP contribution in [0.3, 0.4) is 0 Å². The fourth-order valence-corrected chi connectivity index (χ4v) is 4.14. The molecule has 0 aromatic heterocycles. The van der Waals surface area contributed by atoms with Crippen molar-refractivity contribution in [1.82, 2.24) is 4.90 Å². The second-order valence-corrected chi connectivity index (χ2v) is 9.40. The molecule has 0 heterocycles. The molecule has 3 aromatic carbocycles. The molecule has 0 saturated carbocycles. The molecule has 0 bridgehead atoms. The van der Waals surface area contributed by atoms with Crippen molar-refractivity contribution in [2.75, 3.05) is 33.0 Å². The molecule has 0 saturated heterocycles. The molecule has 9 nitrogen and oxygen atoms in total. The smallest absolute Gasteiger partial charge is 0.336 e. The largest absolute Gasteiger partial charge is 0.492 e. The summed E-state index contributed by atoms with van der Waals surface area (Å²) in [6.45, 7) is -5.79. The van der Waals surface area contributed by atoms with Crippen LogP contribution in [0, 0.1) is 0 Å². The van der Waals surface area contributed by atoms with Crippen LogP contribution in [0.25, 0.3) is 11.1 Å². The Morgan fingerprint density at radius 3 is 1.76 bits per heavy atom. The Morgan fingerprint density at radius 2 is 1.31 bits per heavy atom. The molecule has 224 valence electrons. The number of carboxylic acid groups (broad SMARTS) is 3. The van der Waals surface area contributed by atoms with E-state index in [2.05, 4.69) is 24.3 Å². The minimum Gasteiger partial charge on any atom is -0.492 e. The second-order valence-electron chi connectivity index (χ2n) is 9.03. The Morgan fingerprint density at radius 1 is 0.810 bits per heavy atom. The van der Waals surface area contributed by atoms with Crippen molar-refractivity contribution in [1.29, 1.82) is 0 Å². The summed E-state index contributed by atoms with van der Waals surface area (Å²) in [5, 5.41) is 33.8. The van der Waals surface area contributed by atoms with Gasteiger partial charge in [0.1, 0.15) is 12.4 Å². The van der Waals surface area contributed by atoms with Crippen LogP contribution in [-0.2, 0) is 14.4 Å². The summed E-state index contributed by atoms with van der Waals surface area (Å²) in [6, 6.07) is 27.7. The third-order valence-electron chi connectivity index (χ3n) is 5.84. The minimum absolute atomic E-state index is 0.0704. The number of halogens is 1. The van der Waals surface area contributed by atoms with Gasteiger partial charge in [-0.25, -0.2) is 4.79 Å². The molecule has 0 aliphatic heterocycles. The first kappa shape index (κ1) is 25.5. The Hall–Kier alpha value is -4.18. The number of aliphatic hydroxyl groups is 1. The number of carbonyl (C=O) groups is 3. The number of ether oxygens (including phenoxy) is 1. The highest BCUT2D eigenvalue weighted by molar-refractivity contribution is 6.18. The lowest BCUT2D eigenvalue weighted by Crippen LogP contribution is -2.42. The van der Waals surface area contributed by atoms with E-state index in [0.29, 0.717) is 23.0 Å². The summed E-state index contributed by atoms with van der Waals surface area (Å²) >= 11 is 6.20. The van der Waals surface area contributed by atoms with Crippen molar-refractivity contribution in [3.63, 3.8) is 0 Å². The number of alkyl halides is 1. The van der Waals surface area contributed by atoms with Gasteiger partial charge in [0.25, 0.3) is 0 Å². The number of hydrogen-bond acceptors (Lipinski definition) is 6. The van der Waals surface area contributed by atoms with Gasteiger partial charge in [-0.15, -0.1) is 11.6 Å². The number of rotatable bonds is 14. The van der Waals surface area contributed by atoms with Gasteiger partial charge in [0, 0.05) is 20.6 Å². The van der Waals surface area contributed by atoms with Crippen LogP contribution in [0.5, 0.6) is 5.75 Å². The molecule has 0 aliphatic carbocycles. The SMILES string of the molecule is O=C(O)CC(O)(CC(=O)O)C(=O)O.[2H]C([2H])([2H])N(CCOc1ccc(/C(=C(/CCCl)c2ccccc2)c2ccccc2)cc1)C([2H])([2H])[2H]. The molecule has 3 aromatic rings. The highest BCUT2D eigenvalue weighted by Gasteiger charge is 2.40. The molecule has 3 rings (SSSR count). The fraction of sp³-hybridized carbons (Fsp3) is 0.281. The lowest BCUT2D eigenvalue weighted by Gasteiger charge is -2.18. The minimum atomic E-state index is -2.74. The molecular weight excluding hydrogens is 562 g/mol. The van der Waals surface area contributed by atoms with Gasteiger partial charge in [-0.3, -0.25) is 9.59 Å². The molecular formula is C32H36ClNO8. The number of carboxylic acids is 3. The van der Waals surface area contributed by atoms with Crippen molar-refractivity contribution in [3.8, 4) is 5.75 Å². The first-order valence-corrected chi connectivity index (χ1v) is 13.2. The number of likely N-dealkylation sites (N-methyl/N-ethyl adjacent to an activating group) is 1. The molecule has 10 heteroatoms. The summed E-state index contributed by atoms with van der Waals surface area (Å²) in [4.78, 5) is 31.0. The van der Waals surface area contributed by atoms with E-state index in [9.17, 15) is 14.4 Å². The highest BCUT2D eigenvalue weighted by atomic mass is 35.5. The van der Waals surface area contributed by atoms with Crippen LogP contribution in [0.15, 0.2) is 84.9 Å². The van der Waals surface area contributed by atoms with E-state index in [0.717, 1.165) is 27.8 Å². The van der Waals surface area contributed by atoms with E-state index >= 15 is 0 Å². The van der Waals surface area contributed by atoms with Crippen LogP contribution < -0.4 is 4.74 Å². The quantitative estimate of drug-likeness (QED) is 0.148. The molecule has 0 aliphatic rings. The van der Waals surface area contributed by atoms with Crippen molar-refractivity contribution >= 4 is 40.7 Å². The fourth-order valence-electron chi connectivity index (χ4n) is 3.95. The van der Waals surface area contributed by atoms with Crippen LogP contribution in [-0.4, -0.2) is 81.8 Å². The van der Waals surface area contributed by atoms with Crippen LogP contribution in [0.1, 0.15) is 44.2 Å². The summed E-state index contributed by atoms with van der Waals surface area (Å²) in [6.07, 6.45) is -1.60. The van der Waals surface area contributed by atoms with E-state index in [1.807, 2.05) is 48.5 Å². The predicted octanol–water partition coefficient (Wildman–Crippen LogP) is 4.97. The molecule has 0 unspecified atom stereocenters. The van der Waals surface area contributed by atoms with Crippen molar-refractivity contribution < 1.29 is 47.8 Å². The molecule has 4 N–H and O–H groups in total. The maximum atomic E-state index is 10.3. The summed E-state index contributed by atoms with van der Waals surface area (Å²) in [7, 11) is 0. The van der Waals surface area contributed by atoms with Gasteiger partial charge in [-0.1, -0.05) is 72.8 Å². The average molecular weight is 604 g/mol. The number of benzene rings is 3. The Bertz CT molecular complexity index is 1500. The third-order valence-corrected chi connectivity index (χ3v) is 6.03. The van der Waals surface area contributed by atoms with Gasteiger partial charge in [0.15, 0.2) is 5.60 Å². The molecule has 0 amide bonds. The zero-order valence-corrected chi connectivity index (χ0v) is 23.3. The van der Waals surface area contributed by atoms with Crippen molar-refractivity contribution in [2.24, 2.45) is 0 Å². The summed E-state index contributed by atoms with van der Waals surface area (Å²) < 4.78 is 50.4. The monoisotopic (exact) mass is 603 g/mol. The average Bonchev–Trinajstić information content (AvgIpc) is 2.99. The van der Waals surface area contributed by atoms with E-state index in [1.165, 1.54) is 0 Å². The number of nitrogens with zero attached hydrogens (tertiary/aromatic N) is 1. The lowest BCUT2D eigenvalue weighted by atomic mass is 9.88. The van der Waals surface area contributed by atoms with Crippen LogP contribution >= 0.6 is 11.6 Å². The van der Waals surface area contributed by atoms with Gasteiger partial charge in [0.05, 0.1) is 12.8 Å². The second kappa shape index (κ2) is 16.9. The standard InChI is InChI=1S/C26H28ClNO.C6H8O7/c1-28(2)19-20-29-24-15-13-23(14-16-24)26(22-11-7-4-8-12-22)25(17-18-27)21-9-5-3-6-10-21;7-3(8)1-6(13,5(11)12)2-4(9)10/h3-16H,17-20H2,1-2H3;13H,1-2H2,(H,7,8)(H,9,10)(H,11,12)/b26-25-;/i1D3,2D3;. The molecule has 0 fully saturated rings. The normalized spacial score (nSPS) is 14.4. The Balaban J connectivity index is 0.000000521. The van der Waals surface area contributed by atoms with Crippen LogP contribution in [0.4, 0.5) is 0 Å². The number of allylic oxidation sites excluding steroid dienone is 1. The molecule has 0 spiro atoms. The first-order chi connectivity index (χ1) is 22.4. The summed E-state index contributed by atoms with van der Waals surface area (Å²) in [5.41, 5.74) is 2.61. The molecule has 0 atom stereocenters. The topological polar surface area (TPSA) is 145 Å². The van der Waals surface area contributed by atoms with Gasteiger partial charge in [-0.2, -0.15) is 0 Å². The zero-order chi connectivity index (χ0) is 36.1. The van der Waals surface area contributed by atoms with E-state index in [4.69, 9.17) is 45.0 Å². The van der Waals surface area contributed by atoms with Gasteiger partial charge >= 0.3 is 17.9 Å². The predicted molar refractivity (Wildman–Crippen MR) is 162 cm³/mol. The van der Waals surface area contributed by atoms with E-state index in [-0.39, 0.29) is 13.2 Å². The van der Waals surface area contributed by atoms with Gasteiger partial charge < -0.3 is 30.1 Å². The van der Waals surface area contributed by atoms with Crippen molar-refractivity contribution in [3.05, 3.63) is 102 Å². The lowest BCUT2D eigenvalue weighted by molar-refractivity contribution is -0.170. The van der Waals surface area contributed by atoms with Crippen LogP contribution in [0.2, 0.25) is 0 Å². The van der Waals surface area contributed by atoms with Crippen molar-refractivity contribution in [2.45, 2.75) is 24.9 Å². The molecule has 42 heavy (non-hydrogen) atoms. The first-order valence-electron chi connectivity index (χ1n) is 15.7.